The van der Waals surface area contributed by atoms with E-state index in [4.69, 9.17) is 15.0 Å². The van der Waals surface area contributed by atoms with Crippen molar-refractivity contribution in [1.29, 1.82) is 0 Å². The van der Waals surface area contributed by atoms with E-state index in [1.54, 1.807) is 0 Å². The Hall–Kier alpha value is -7.47. The molecule has 0 aliphatic carbocycles. The van der Waals surface area contributed by atoms with Crippen molar-refractivity contribution in [3.63, 3.8) is 0 Å². The number of hydrogen-bond donors (Lipinski definition) is 0. The second-order valence-electron chi connectivity index (χ2n) is 15.5. The molecule has 0 spiro atoms. The van der Waals surface area contributed by atoms with Crippen molar-refractivity contribution in [2.24, 2.45) is 0 Å². The average Bonchev–Trinajstić information content (AvgIpc) is 3.87. The highest BCUT2D eigenvalue weighted by Gasteiger charge is 2.23. The van der Waals surface area contributed by atoms with Crippen molar-refractivity contribution in [3.8, 4) is 51.0 Å². The van der Waals surface area contributed by atoms with Crippen LogP contribution in [0, 0.1) is 0 Å². The second kappa shape index (κ2) is 15.3. The number of nitrogens with zero attached hydrogens (tertiary/aromatic N) is 4. The molecular weight excluding hydrogens is 761 g/mol. The molecule has 290 valence electrons. The number of para-hydroxylation sites is 1. The zero-order valence-corrected chi connectivity index (χ0v) is 34.7. The Kier molecular flexibility index (Phi) is 9.17. The van der Waals surface area contributed by atoms with Crippen LogP contribution in [0.5, 0.6) is 0 Å². The average molecular weight is 801 g/mol. The van der Waals surface area contributed by atoms with Crippen molar-refractivity contribution in [1.82, 2.24) is 19.5 Å². The van der Waals surface area contributed by atoms with Gasteiger partial charge in [-0.2, -0.15) is 9.97 Å². The maximum Gasteiger partial charge on any atom is 0.238 e. The molecule has 4 nitrogen and oxygen atoms in total. The lowest BCUT2D eigenvalue weighted by molar-refractivity contribution is 0.954. The van der Waals surface area contributed by atoms with Crippen LogP contribution in [0.25, 0.3) is 115 Å². The predicted octanol–water partition coefficient (Wildman–Crippen LogP) is 15.7. The van der Waals surface area contributed by atoms with Gasteiger partial charge in [0.05, 0.1) is 11.0 Å². The van der Waals surface area contributed by atoms with E-state index in [0.717, 1.165) is 49.4 Å². The molecule has 9 aromatic carbocycles. The summed E-state index contributed by atoms with van der Waals surface area (Å²) >= 11 is 1.87. The lowest BCUT2D eigenvalue weighted by atomic mass is 9.98. The van der Waals surface area contributed by atoms with Crippen LogP contribution in [0.4, 0.5) is 0 Å². The SMILES string of the molecule is CCC.c1ccc(-c2ccc(-c3nc(-c4ccccc4)nc(-n4c5cc6ccccc6cc5c5cccc(-c6cccc7c6sc6ccc8ccccc8c67)c54)n3)cc2)cc1. The van der Waals surface area contributed by atoms with Crippen LogP contribution in [0.2, 0.25) is 0 Å². The first kappa shape index (κ1) is 36.6. The van der Waals surface area contributed by atoms with Gasteiger partial charge in [-0.15, -0.1) is 11.3 Å². The van der Waals surface area contributed by atoms with E-state index in [9.17, 15) is 0 Å². The zero-order chi connectivity index (χ0) is 40.9. The highest BCUT2D eigenvalue weighted by molar-refractivity contribution is 7.26. The van der Waals surface area contributed by atoms with Gasteiger partial charge in [0.15, 0.2) is 11.6 Å². The van der Waals surface area contributed by atoms with Crippen LogP contribution in [0.3, 0.4) is 0 Å². The molecule has 61 heavy (non-hydrogen) atoms. The Morgan fingerprint density at radius 2 is 0.967 bits per heavy atom. The Bertz CT molecular complexity index is 3570. The summed E-state index contributed by atoms with van der Waals surface area (Å²) in [4.78, 5) is 15.8. The molecule has 0 unspecified atom stereocenters. The lowest BCUT2D eigenvalue weighted by Crippen LogP contribution is -2.07. The number of aromatic nitrogens is 4. The molecule has 0 aliphatic heterocycles. The molecule has 0 amide bonds. The van der Waals surface area contributed by atoms with E-state index < -0.39 is 0 Å². The zero-order valence-electron chi connectivity index (χ0n) is 33.9. The molecule has 0 radical (unpaired) electrons. The number of fused-ring (bicyclic) bond motifs is 9. The molecule has 0 saturated heterocycles. The van der Waals surface area contributed by atoms with E-state index in [2.05, 4.69) is 188 Å². The molecule has 12 aromatic rings. The summed E-state index contributed by atoms with van der Waals surface area (Å²) in [6.07, 6.45) is 1.25. The number of rotatable bonds is 5. The van der Waals surface area contributed by atoms with E-state index in [1.165, 1.54) is 53.9 Å². The Labute approximate surface area is 358 Å². The fourth-order valence-electron chi connectivity index (χ4n) is 8.71. The maximum absolute atomic E-state index is 5.36. The fourth-order valence-corrected chi connectivity index (χ4v) is 9.96. The number of thiophene rings is 1. The first-order valence-corrected chi connectivity index (χ1v) is 21.8. The highest BCUT2D eigenvalue weighted by atomic mass is 32.1. The van der Waals surface area contributed by atoms with Crippen LogP contribution < -0.4 is 0 Å². The third-order valence-corrected chi connectivity index (χ3v) is 12.6. The van der Waals surface area contributed by atoms with Gasteiger partial charge in [0, 0.05) is 53.2 Å². The molecule has 0 N–H and O–H groups in total. The van der Waals surface area contributed by atoms with Crippen LogP contribution in [0.1, 0.15) is 20.3 Å². The topological polar surface area (TPSA) is 43.6 Å². The van der Waals surface area contributed by atoms with Crippen molar-refractivity contribution in [2.45, 2.75) is 20.3 Å². The molecule has 5 heteroatoms. The first-order valence-electron chi connectivity index (χ1n) is 20.9. The minimum atomic E-state index is 0.577. The van der Waals surface area contributed by atoms with E-state index >= 15 is 0 Å². The Morgan fingerprint density at radius 3 is 1.69 bits per heavy atom. The maximum atomic E-state index is 5.36. The third kappa shape index (κ3) is 6.33. The second-order valence-corrected chi connectivity index (χ2v) is 16.5. The van der Waals surface area contributed by atoms with Gasteiger partial charge < -0.3 is 0 Å². The lowest BCUT2D eigenvalue weighted by Gasteiger charge is -2.14. The molecule has 0 aliphatic rings. The van der Waals surface area contributed by atoms with Gasteiger partial charge in [0.2, 0.25) is 5.95 Å². The van der Waals surface area contributed by atoms with Crippen molar-refractivity contribution >= 4 is 74.9 Å². The van der Waals surface area contributed by atoms with Crippen LogP contribution in [-0.2, 0) is 0 Å². The summed E-state index contributed by atoms with van der Waals surface area (Å²) in [6, 6.07) is 69.1. The van der Waals surface area contributed by atoms with Crippen LogP contribution >= 0.6 is 11.3 Å². The molecule has 3 heterocycles. The summed E-state index contributed by atoms with van der Waals surface area (Å²) in [7, 11) is 0. The summed E-state index contributed by atoms with van der Waals surface area (Å²) in [5.41, 5.74) is 8.61. The molecular formula is C56H40N4S. The van der Waals surface area contributed by atoms with Crippen molar-refractivity contribution < 1.29 is 0 Å². The Balaban J connectivity index is 0.00000136. The summed E-state index contributed by atoms with van der Waals surface area (Å²) in [6.45, 7) is 4.25. The van der Waals surface area contributed by atoms with Gasteiger partial charge in [0.25, 0.3) is 0 Å². The normalized spacial score (nSPS) is 11.5. The number of benzene rings is 9. The minimum Gasteiger partial charge on any atom is -0.277 e. The first-order chi connectivity index (χ1) is 30.2. The van der Waals surface area contributed by atoms with Crippen molar-refractivity contribution in [2.75, 3.05) is 0 Å². The van der Waals surface area contributed by atoms with Gasteiger partial charge in [-0.1, -0.05) is 196 Å². The van der Waals surface area contributed by atoms with E-state index in [-0.39, 0.29) is 0 Å². The molecule has 0 bridgehead atoms. The minimum absolute atomic E-state index is 0.577. The third-order valence-electron chi connectivity index (χ3n) is 11.4. The predicted molar refractivity (Wildman–Crippen MR) is 260 cm³/mol. The fraction of sp³-hybridized carbons (Fsp3) is 0.0536. The van der Waals surface area contributed by atoms with Gasteiger partial charge in [-0.05, 0) is 50.9 Å². The molecule has 3 aromatic heterocycles. The summed E-state index contributed by atoms with van der Waals surface area (Å²) in [5, 5.41) is 9.78. The summed E-state index contributed by atoms with van der Waals surface area (Å²) in [5.74, 6) is 1.82. The van der Waals surface area contributed by atoms with Crippen LogP contribution in [-0.4, -0.2) is 19.5 Å². The van der Waals surface area contributed by atoms with Gasteiger partial charge in [-0.25, -0.2) is 4.98 Å². The molecule has 0 fully saturated rings. The van der Waals surface area contributed by atoms with Crippen molar-refractivity contribution in [3.05, 3.63) is 194 Å². The highest BCUT2D eigenvalue weighted by Crippen LogP contribution is 2.46. The van der Waals surface area contributed by atoms with Gasteiger partial charge in [0.1, 0.15) is 0 Å². The quantitative estimate of drug-likeness (QED) is 0.174. The standard InChI is InChI=1S/C53H32N4S.C3H8/c1-3-13-33(14-4-1)34-25-27-37(28-26-34)52-54-51(36-16-5-2-6-17-36)55-53(56-52)57-46-32-39-19-8-7-18-38(39)31-45(46)42-22-11-21-41(49(42)57)43-23-12-24-44-48-40-20-10-9-15-35(40)29-30-47(48)58-50(43)44;1-3-2/h1-32H;3H2,1-2H3. The number of hydrogen-bond acceptors (Lipinski definition) is 4. The largest absolute Gasteiger partial charge is 0.277 e. The summed E-state index contributed by atoms with van der Waals surface area (Å²) < 4.78 is 4.83. The molecule has 0 atom stereocenters. The molecule has 12 rings (SSSR count). The monoisotopic (exact) mass is 800 g/mol. The van der Waals surface area contributed by atoms with Crippen LogP contribution in [0.15, 0.2) is 194 Å². The van der Waals surface area contributed by atoms with E-state index in [1.807, 2.05) is 35.6 Å². The van der Waals surface area contributed by atoms with Gasteiger partial charge in [-0.3, -0.25) is 4.57 Å². The smallest absolute Gasteiger partial charge is 0.238 e. The Morgan fingerprint density at radius 1 is 0.426 bits per heavy atom. The van der Waals surface area contributed by atoms with Gasteiger partial charge >= 0.3 is 0 Å². The molecule has 0 saturated carbocycles. The van der Waals surface area contributed by atoms with E-state index in [0.29, 0.717) is 17.6 Å².